The highest BCUT2D eigenvalue weighted by molar-refractivity contribution is 5.92. The molecule has 3 rings (SSSR count). The molecule has 1 amide bonds. The summed E-state index contributed by atoms with van der Waals surface area (Å²) < 4.78 is 21.7. The number of methoxy groups -OCH3 is 4. The van der Waals surface area contributed by atoms with Crippen LogP contribution in [0.15, 0.2) is 30.3 Å². The van der Waals surface area contributed by atoms with Gasteiger partial charge in [-0.15, -0.1) is 0 Å². The summed E-state index contributed by atoms with van der Waals surface area (Å²) in [6.45, 7) is 0. The molecule has 0 aliphatic heterocycles. The highest BCUT2D eigenvalue weighted by atomic mass is 16.5. The standard InChI is InChI=1S/C20H21N3O5/c1-25-15-7-6-12(18(27-3)19(15)28-4)20-22-13-9-11(5-8-17(21)24)16(26-2)10-14(13)23-20/h5-10H,1-4H3,(H2,21,24)(H,22,23)/b8-5+. The Morgan fingerprint density at radius 1 is 1.00 bits per heavy atom. The highest BCUT2D eigenvalue weighted by Gasteiger charge is 2.19. The molecule has 0 saturated carbocycles. The Bertz CT molecular complexity index is 1060. The summed E-state index contributed by atoms with van der Waals surface area (Å²) in [6, 6.07) is 7.23. The zero-order chi connectivity index (χ0) is 20.3. The molecule has 0 bridgehead atoms. The van der Waals surface area contributed by atoms with Gasteiger partial charge in [0.05, 0.1) is 45.0 Å². The van der Waals surface area contributed by atoms with Crippen LogP contribution in [-0.4, -0.2) is 44.3 Å². The van der Waals surface area contributed by atoms with Crippen LogP contribution in [-0.2, 0) is 4.79 Å². The molecular formula is C20H21N3O5. The van der Waals surface area contributed by atoms with Crippen LogP contribution < -0.4 is 24.7 Å². The quantitative estimate of drug-likeness (QED) is 0.607. The number of primary amides is 1. The highest BCUT2D eigenvalue weighted by Crippen LogP contribution is 2.44. The van der Waals surface area contributed by atoms with E-state index in [-0.39, 0.29) is 0 Å². The molecule has 0 aliphatic carbocycles. The number of hydrogen-bond acceptors (Lipinski definition) is 6. The number of nitrogens with two attached hydrogens (primary N) is 1. The average molecular weight is 383 g/mol. The summed E-state index contributed by atoms with van der Waals surface area (Å²) in [6.07, 6.45) is 2.87. The maximum atomic E-state index is 11.0. The first-order chi connectivity index (χ1) is 13.5. The van der Waals surface area contributed by atoms with Crippen LogP contribution in [0, 0.1) is 0 Å². The van der Waals surface area contributed by atoms with Gasteiger partial charge in [-0.25, -0.2) is 4.98 Å². The number of hydrogen-bond donors (Lipinski definition) is 2. The first-order valence-electron chi connectivity index (χ1n) is 8.37. The van der Waals surface area contributed by atoms with Crippen molar-refractivity contribution in [1.82, 2.24) is 9.97 Å². The average Bonchev–Trinajstić information content (AvgIpc) is 3.12. The molecule has 0 aliphatic rings. The van der Waals surface area contributed by atoms with E-state index in [1.165, 1.54) is 6.08 Å². The smallest absolute Gasteiger partial charge is 0.241 e. The monoisotopic (exact) mass is 383 g/mol. The molecule has 0 saturated heterocycles. The summed E-state index contributed by atoms with van der Waals surface area (Å²) in [5.41, 5.74) is 8.05. The van der Waals surface area contributed by atoms with Gasteiger partial charge in [-0.05, 0) is 24.3 Å². The lowest BCUT2D eigenvalue weighted by Gasteiger charge is -2.14. The third-order valence-corrected chi connectivity index (χ3v) is 4.22. The number of aromatic nitrogens is 2. The van der Waals surface area contributed by atoms with Gasteiger partial charge in [0.1, 0.15) is 11.6 Å². The van der Waals surface area contributed by atoms with E-state index < -0.39 is 5.91 Å². The number of rotatable bonds is 7. The molecule has 3 aromatic rings. The van der Waals surface area contributed by atoms with Gasteiger partial charge in [0, 0.05) is 17.7 Å². The summed E-state index contributed by atoms with van der Waals surface area (Å²) >= 11 is 0. The lowest BCUT2D eigenvalue weighted by atomic mass is 10.1. The van der Waals surface area contributed by atoms with Crippen molar-refractivity contribution < 1.29 is 23.7 Å². The van der Waals surface area contributed by atoms with E-state index in [1.54, 1.807) is 46.6 Å². The molecule has 2 aromatic carbocycles. The van der Waals surface area contributed by atoms with Crippen molar-refractivity contribution in [3.8, 4) is 34.4 Å². The molecule has 3 N–H and O–H groups in total. The fourth-order valence-corrected chi connectivity index (χ4v) is 2.95. The number of ether oxygens (including phenoxy) is 4. The number of benzene rings is 2. The van der Waals surface area contributed by atoms with E-state index in [0.717, 1.165) is 5.52 Å². The maximum Gasteiger partial charge on any atom is 0.241 e. The molecule has 1 heterocycles. The van der Waals surface area contributed by atoms with Crippen molar-refractivity contribution in [2.24, 2.45) is 5.73 Å². The van der Waals surface area contributed by atoms with Crippen LogP contribution >= 0.6 is 0 Å². The third kappa shape index (κ3) is 3.44. The molecule has 1 aromatic heterocycles. The molecule has 0 radical (unpaired) electrons. The van der Waals surface area contributed by atoms with Crippen molar-refractivity contribution >= 4 is 23.0 Å². The second kappa shape index (κ2) is 7.91. The lowest BCUT2D eigenvalue weighted by molar-refractivity contribution is -0.113. The Morgan fingerprint density at radius 3 is 2.32 bits per heavy atom. The predicted molar refractivity (Wildman–Crippen MR) is 106 cm³/mol. The van der Waals surface area contributed by atoms with E-state index >= 15 is 0 Å². The topological polar surface area (TPSA) is 109 Å². The fraction of sp³-hybridized carbons (Fsp3) is 0.200. The number of fused-ring (bicyclic) bond motifs is 1. The summed E-state index contributed by atoms with van der Waals surface area (Å²) in [5.74, 6) is 2.16. The number of carbonyl (C=O) groups is 1. The van der Waals surface area contributed by atoms with Gasteiger partial charge in [0.25, 0.3) is 0 Å². The Hall–Kier alpha value is -3.68. The van der Waals surface area contributed by atoms with Crippen molar-refractivity contribution in [1.29, 1.82) is 0 Å². The van der Waals surface area contributed by atoms with Crippen LogP contribution in [0.2, 0.25) is 0 Å². The first kappa shape index (κ1) is 19.1. The lowest BCUT2D eigenvalue weighted by Crippen LogP contribution is -2.05. The normalized spacial score (nSPS) is 11.0. The predicted octanol–water partition coefficient (Wildman–Crippen LogP) is 2.76. The van der Waals surface area contributed by atoms with Gasteiger partial charge in [0.2, 0.25) is 11.7 Å². The SMILES string of the molecule is COc1cc2nc(-c3ccc(OC)c(OC)c3OC)[nH]c2cc1/C=C/C(N)=O. The zero-order valence-corrected chi connectivity index (χ0v) is 16.0. The fourth-order valence-electron chi connectivity index (χ4n) is 2.95. The van der Waals surface area contributed by atoms with E-state index in [0.29, 0.717) is 45.5 Å². The first-order valence-corrected chi connectivity index (χ1v) is 8.37. The van der Waals surface area contributed by atoms with Crippen LogP contribution in [0.3, 0.4) is 0 Å². The van der Waals surface area contributed by atoms with Gasteiger partial charge in [-0.1, -0.05) is 0 Å². The van der Waals surface area contributed by atoms with E-state index in [4.69, 9.17) is 24.7 Å². The Kier molecular flexibility index (Phi) is 5.39. The van der Waals surface area contributed by atoms with Gasteiger partial charge < -0.3 is 29.7 Å². The summed E-state index contributed by atoms with van der Waals surface area (Å²) in [5, 5.41) is 0. The minimum absolute atomic E-state index is 0.477. The molecule has 8 nitrogen and oxygen atoms in total. The summed E-state index contributed by atoms with van der Waals surface area (Å²) in [7, 11) is 6.21. The van der Waals surface area contributed by atoms with Crippen LogP contribution in [0.25, 0.3) is 28.5 Å². The Morgan fingerprint density at radius 2 is 1.71 bits per heavy atom. The second-order valence-corrected chi connectivity index (χ2v) is 5.81. The molecular weight excluding hydrogens is 362 g/mol. The Labute approximate surface area is 161 Å². The molecule has 8 heteroatoms. The van der Waals surface area contributed by atoms with E-state index in [2.05, 4.69) is 9.97 Å². The van der Waals surface area contributed by atoms with Gasteiger partial charge >= 0.3 is 0 Å². The third-order valence-electron chi connectivity index (χ3n) is 4.22. The van der Waals surface area contributed by atoms with Crippen molar-refractivity contribution in [2.75, 3.05) is 28.4 Å². The number of imidazole rings is 1. The van der Waals surface area contributed by atoms with Gasteiger partial charge in [-0.2, -0.15) is 0 Å². The van der Waals surface area contributed by atoms with Crippen LogP contribution in [0.5, 0.6) is 23.0 Å². The van der Waals surface area contributed by atoms with Crippen LogP contribution in [0.1, 0.15) is 5.56 Å². The second-order valence-electron chi connectivity index (χ2n) is 5.81. The maximum absolute atomic E-state index is 11.0. The summed E-state index contributed by atoms with van der Waals surface area (Å²) in [4.78, 5) is 18.9. The van der Waals surface area contributed by atoms with Crippen molar-refractivity contribution in [3.63, 3.8) is 0 Å². The molecule has 0 spiro atoms. The number of carbonyl (C=O) groups excluding carboxylic acids is 1. The van der Waals surface area contributed by atoms with Crippen molar-refractivity contribution in [3.05, 3.63) is 35.9 Å². The number of aromatic amines is 1. The van der Waals surface area contributed by atoms with Gasteiger partial charge in [-0.3, -0.25) is 4.79 Å². The van der Waals surface area contributed by atoms with E-state index in [1.807, 2.05) is 12.1 Å². The number of nitrogens with one attached hydrogen (secondary N) is 1. The number of amides is 1. The van der Waals surface area contributed by atoms with Crippen molar-refractivity contribution in [2.45, 2.75) is 0 Å². The van der Waals surface area contributed by atoms with Gasteiger partial charge in [0.15, 0.2) is 11.5 Å². The number of H-pyrrole nitrogens is 1. The largest absolute Gasteiger partial charge is 0.496 e. The minimum atomic E-state index is -0.539. The number of nitrogens with zero attached hydrogens (tertiary/aromatic N) is 1. The Balaban J connectivity index is 2.16. The van der Waals surface area contributed by atoms with Crippen LogP contribution in [0.4, 0.5) is 0 Å². The molecule has 0 fully saturated rings. The zero-order valence-electron chi connectivity index (χ0n) is 16.0. The molecule has 146 valence electrons. The molecule has 0 unspecified atom stereocenters. The minimum Gasteiger partial charge on any atom is -0.496 e. The molecule has 28 heavy (non-hydrogen) atoms. The molecule has 0 atom stereocenters. The van der Waals surface area contributed by atoms with E-state index in [9.17, 15) is 4.79 Å².